The van der Waals surface area contributed by atoms with Gasteiger partial charge in [0.2, 0.25) is 0 Å². The lowest BCUT2D eigenvalue weighted by atomic mass is 10.1. The van der Waals surface area contributed by atoms with Crippen LogP contribution in [0.1, 0.15) is 65.7 Å². The van der Waals surface area contributed by atoms with Crippen LogP contribution in [0.25, 0.3) is 0 Å². The van der Waals surface area contributed by atoms with Crippen molar-refractivity contribution in [3.8, 4) is 0 Å². The highest BCUT2D eigenvalue weighted by molar-refractivity contribution is 4.74. The van der Waals surface area contributed by atoms with E-state index < -0.39 is 0 Å². The summed E-state index contributed by atoms with van der Waals surface area (Å²) in [6.45, 7) is 9.10. The van der Waals surface area contributed by atoms with Gasteiger partial charge in [-0.05, 0) is 60.2 Å². The van der Waals surface area contributed by atoms with Gasteiger partial charge in [0.25, 0.3) is 0 Å². The fourth-order valence-electron chi connectivity index (χ4n) is 2.67. The lowest BCUT2D eigenvalue weighted by Gasteiger charge is -2.28. The zero-order chi connectivity index (χ0) is 12.7. The van der Waals surface area contributed by atoms with Crippen LogP contribution in [0.5, 0.6) is 0 Å². The summed E-state index contributed by atoms with van der Waals surface area (Å²) < 4.78 is 0. The van der Waals surface area contributed by atoms with E-state index in [4.69, 9.17) is 0 Å². The Morgan fingerprint density at radius 1 is 1.06 bits per heavy atom. The summed E-state index contributed by atoms with van der Waals surface area (Å²) in [5.74, 6) is 0. The molecular formula is C15H32N2. The van der Waals surface area contributed by atoms with E-state index >= 15 is 0 Å². The van der Waals surface area contributed by atoms with E-state index in [9.17, 15) is 0 Å². The summed E-state index contributed by atoms with van der Waals surface area (Å²) in [4.78, 5) is 2.59. The van der Waals surface area contributed by atoms with Gasteiger partial charge >= 0.3 is 0 Å². The van der Waals surface area contributed by atoms with Crippen molar-refractivity contribution in [1.29, 1.82) is 0 Å². The molecule has 1 fully saturated rings. The maximum absolute atomic E-state index is 3.57. The maximum atomic E-state index is 3.57. The van der Waals surface area contributed by atoms with Crippen LogP contribution in [0.15, 0.2) is 0 Å². The van der Waals surface area contributed by atoms with Gasteiger partial charge in [0, 0.05) is 11.6 Å². The van der Waals surface area contributed by atoms with E-state index in [1.807, 2.05) is 0 Å². The van der Waals surface area contributed by atoms with E-state index in [1.54, 1.807) is 0 Å². The molecule has 17 heavy (non-hydrogen) atoms. The summed E-state index contributed by atoms with van der Waals surface area (Å²) in [5.41, 5.74) is 0.265. The van der Waals surface area contributed by atoms with E-state index in [0.717, 1.165) is 12.6 Å². The third-order valence-electron chi connectivity index (χ3n) is 3.79. The van der Waals surface area contributed by atoms with Crippen LogP contribution in [0.4, 0.5) is 0 Å². The first-order valence-electron chi connectivity index (χ1n) is 7.44. The first kappa shape index (κ1) is 15.0. The Morgan fingerprint density at radius 2 is 1.65 bits per heavy atom. The van der Waals surface area contributed by atoms with Gasteiger partial charge in [-0.2, -0.15) is 0 Å². The van der Waals surface area contributed by atoms with Crippen molar-refractivity contribution >= 4 is 0 Å². The summed E-state index contributed by atoms with van der Waals surface area (Å²) >= 11 is 0. The van der Waals surface area contributed by atoms with E-state index in [0.29, 0.717) is 0 Å². The highest BCUT2D eigenvalue weighted by Gasteiger charge is 2.16. The first-order chi connectivity index (χ1) is 7.99. The van der Waals surface area contributed by atoms with Gasteiger partial charge in [0.1, 0.15) is 0 Å². The fourth-order valence-corrected chi connectivity index (χ4v) is 2.67. The van der Waals surface area contributed by atoms with Crippen molar-refractivity contribution in [3.63, 3.8) is 0 Å². The minimum Gasteiger partial charge on any atom is -0.312 e. The third kappa shape index (κ3) is 7.05. The van der Waals surface area contributed by atoms with Crippen molar-refractivity contribution in [2.24, 2.45) is 0 Å². The molecule has 0 bridgehead atoms. The molecular weight excluding hydrogens is 208 g/mol. The van der Waals surface area contributed by atoms with Crippen molar-refractivity contribution < 1.29 is 0 Å². The molecule has 0 atom stereocenters. The largest absolute Gasteiger partial charge is 0.312 e. The Hall–Kier alpha value is -0.0800. The smallest absolute Gasteiger partial charge is 0.00965 e. The second-order valence-corrected chi connectivity index (χ2v) is 6.66. The van der Waals surface area contributed by atoms with E-state index in [1.165, 1.54) is 51.5 Å². The molecule has 2 nitrogen and oxygen atoms in total. The third-order valence-corrected chi connectivity index (χ3v) is 3.79. The molecule has 1 saturated carbocycles. The van der Waals surface area contributed by atoms with Crippen molar-refractivity contribution in [3.05, 3.63) is 0 Å². The molecule has 1 aliphatic carbocycles. The highest BCUT2D eigenvalue weighted by Crippen LogP contribution is 2.20. The van der Waals surface area contributed by atoms with Crippen LogP contribution in [-0.2, 0) is 0 Å². The van der Waals surface area contributed by atoms with Gasteiger partial charge in [0.05, 0.1) is 0 Å². The number of hydrogen-bond donors (Lipinski definition) is 1. The van der Waals surface area contributed by atoms with Crippen molar-refractivity contribution in [2.45, 2.75) is 77.3 Å². The summed E-state index contributed by atoms with van der Waals surface area (Å²) in [5, 5.41) is 3.57. The average Bonchev–Trinajstić information content (AvgIpc) is 2.51. The molecule has 0 saturated heterocycles. The van der Waals surface area contributed by atoms with E-state index in [2.05, 4.69) is 38.0 Å². The van der Waals surface area contributed by atoms with E-state index in [-0.39, 0.29) is 5.54 Å². The summed E-state index contributed by atoms with van der Waals surface area (Å²) in [6, 6.07) is 0.854. The molecule has 1 N–H and O–H groups in total. The molecule has 2 heteroatoms. The van der Waals surface area contributed by atoms with Crippen LogP contribution in [0.2, 0.25) is 0 Å². The second-order valence-electron chi connectivity index (χ2n) is 6.66. The predicted octanol–water partition coefficient (Wildman–Crippen LogP) is 3.42. The Morgan fingerprint density at radius 3 is 2.18 bits per heavy atom. The molecule has 1 aliphatic rings. The SMILES string of the molecule is CN(CCCNC(C)(C)C)C1CCCCCC1. The van der Waals surface area contributed by atoms with Crippen LogP contribution in [0.3, 0.4) is 0 Å². The number of nitrogens with zero attached hydrogens (tertiary/aromatic N) is 1. The molecule has 0 heterocycles. The van der Waals surface area contributed by atoms with Gasteiger partial charge in [-0.15, -0.1) is 0 Å². The molecule has 0 radical (unpaired) electrons. The molecule has 1 rings (SSSR count). The second kappa shape index (κ2) is 7.38. The topological polar surface area (TPSA) is 15.3 Å². The highest BCUT2D eigenvalue weighted by atomic mass is 15.1. The van der Waals surface area contributed by atoms with Crippen molar-refractivity contribution in [2.75, 3.05) is 20.1 Å². The monoisotopic (exact) mass is 240 g/mol. The van der Waals surface area contributed by atoms with Gasteiger partial charge in [-0.3, -0.25) is 0 Å². The summed E-state index contributed by atoms with van der Waals surface area (Å²) in [6.07, 6.45) is 9.90. The predicted molar refractivity (Wildman–Crippen MR) is 76.5 cm³/mol. The number of hydrogen-bond acceptors (Lipinski definition) is 2. The zero-order valence-electron chi connectivity index (χ0n) is 12.4. The minimum atomic E-state index is 0.265. The quantitative estimate of drug-likeness (QED) is 0.585. The Balaban J connectivity index is 2.13. The van der Waals surface area contributed by atoms with Crippen molar-refractivity contribution in [1.82, 2.24) is 10.2 Å². The molecule has 102 valence electrons. The lowest BCUT2D eigenvalue weighted by molar-refractivity contribution is 0.216. The Kier molecular flexibility index (Phi) is 6.50. The van der Waals surface area contributed by atoms with Gasteiger partial charge in [-0.1, -0.05) is 25.7 Å². The molecule has 0 unspecified atom stereocenters. The molecule has 0 aromatic rings. The van der Waals surface area contributed by atoms with Crippen LogP contribution in [0, 0.1) is 0 Å². The summed E-state index contributed by atoms with van der Waals surface area (Å²) in [7, 11) is 2.31. The van der Waals surface area contributed by atoms with Gasteiger partial charge in [0.15, 0.2) is 0 Å². The van der Waals surface area contributed by atoms with Crippen LogP contribution >= 0.6 is 0 Å². The van der Waals surface area contributed by atoms with Gasteiger partial charge < -0.3 is 10.2 Å². The average molecular weight is 240 g/mol. The number of nitrogens with one attached hydrogen (secondary N) is 1. The molecule has 0 aliphatic heterocycles. The molecule has 0 aromatic heterocycles. The molecule has 0 spiro atoms. The van der Waals surface area contributed by atoms with Crippen LogP contribution < -0.4 is 5.32 Å². The zero-order valence-corrected chi connectivity index (χ0v) is 12.4. The Bertz CT molecular complexity index is 188. The first-order valence-corrected chi connectivity index (χ1v) is 7.44. The lowest BCUT2D eigenvalue weighted by Crippen LogP contribution is -2.38. The molecule has 0 amide bonds. The minimum absolute atomic E-state index is 0.265. The standard InChI is InChI=1S/C15H32N2/c1-15(2,3)16-12-9-13-17(4)14-10-7-5-6-8-11-14/h14,16H,5-13H2,1-4H3. The van der Waals surface area contributed by atoms with Gasteiger partial charge in [-0.25, -0.2) is 0 Å². The molecule has 0 aromatic carbocycles. The maximum Gasteiger partial charge on any atom is 0.00965 e. The fraction of sp³-hybridized carbons (Fsp3) is 1.00. The van der Waals surface area contributed by atoms with Crippen LogP contribution in [-0.4, -0.2) is 36.6 Å². The Labute approximate surface area is 108 Å². The number of rotatable bonds is 5. The normalized spacial score (nSPS) is 19.6.